The summed E-state index contributed by atoms with van der Waals surface area (Å²) < 4.78 is 0. The molecule has 1 aliphatic rings. The quantitative estimate of drug-likeness (QED) is 0.537. The minimum Gasteiger partial charge on any atom is -0.301 e. The Hall–Kier alpha value is 0.0249. The van der Waals surface area contributed by atoms with Crippen LogP contribution in [0, 0.1) is 5.92 Å². The molecule has 68 valence electrons. The maximum atomic E-state index is 5.99. The van der Waals surface area contributed by atoms with E-state index in [1.807, 2.05) is 0 Å². The van der Waals surface area contributed by atoms with Gasteiger partial charge in [0.1, 0.15) is 0 Å². The van der Waals surface area contributed by atoms with Crippen LogP contribution in [0.25, 0.3) is 0 Å². The highest BCUT2D eigenvalue weighted by atomic mass is 15.2. The second kappa shape index (κ2) is 3.82. The zero-order chi connectivity index (χ0) is 9.30. The van der Waals surface area contributed by atoms with Crippen LogP contribution in [0.4, 0.5) is 0 Å². The molecule has 1 saturated heterocycles. The van der Waals surface area contributed by atoms with E-state index in [4.69, 9.17) is 7.85 Å². The second-order valence-electron chi connectivity index (χ2n) is 4.56. The molecule has 2 heteroatoms. The summed E-state index contributed by atoms with van der Waals surface area (Å²) in [6, 6.07) is 1.34. The minimum absolute atomic E-state index is 0.420. The highest BCUT2D eigenvalue weighted by Crippen LogP contribution is 2.31. The Morgan fingerprint density at radius 1 is 1.33 bits per heavy atom. The zero-order valence-electron chi connectivity index (χ0n) is 8.75. The van der Waals surface area contributed by atoms with Crippen molar-refractivity contribution in [1.82, 2.24) is 4.90 Å². The van der Waals surface area contributed by atoms with Crippen LogP contribution in [0.3, 0.4) is 0 Å². The number of piperidine rings is 1. The Kier molecular flexibility index (Phi) is 3.22. The predicted molar refractivity (Wildman–Crippen MR) is 54.6 cm³/mol. The molecule has 0 aromatic carbocycles. The molecule has 0 amide bonds. The van der Waals surface area contributed by atoms with Gasteiger partial charge in [-0.25, -0.2) is 0 Å². The van der Waals surface area contributed by atoms with Crippen LogP contribution in [-0.4, -0.2) is 31.9 Å². The molecule has 0 aromatic heterocycles. The van der Waals surface area contributed by atoms with E-state index in [1.165, 1.54) is 6.42 Å². The summed E-state index contributed by atoms with van der Waals surface area (Å²) in [4.78, 5) is 2.48. The summed E-state index contributed by atoms with van der Waals surface area (Å²) >= 11 is 0. The molecule has 0 aliphatic carbocycles. The third-order valence-corrected chi connectivity index (χ3v) is 3.18. The van der Waals surface area contributed by atoms with E-state index < -0.39 is 0 Å². The van der Waals surface area contributed by atoms with Crippen molar-refractivity contribution in [2.24, 2.45) is 5.92 Å². The maximum absolute atomic E-state index is 5.99. The fourth-order valence-corrected chi connectivity index (χ4v) is 2.25. The van der Waals surface area contributed by atoms with Gasteiger partial charge in [0.25, 0.3) is 0 Å². The average Bonchev–Trinajstić information content (AvgIpc) is 1.96. The number of hydrogen-bond donors (Lipinski definition) is 0. The summed E-state index contributed by atoms with van der Waals surface area (Å²) in [7, 11) is 8.21. The molecule has 1 heterocycles. The number of nitrogens with zero attached hydrogens (tertiary/aromatic N) is 1. The molecule has 3 atom stereocenters. The topological polar surface area (TPSA) is 3.24 Å². The molecule has 1 aliphatic heterocycles. The monoisotopic (exact) mass is 165 g/mol. The zero-order valence-corrected chi connectivity index (χ0v) is 8.75. The van der Waals surface area contributed by atoms with Gasteiger partial charge in [0.2, 0.25) is 0 Å². The lowest BCUT2D eigenvalue weighted by atomic mass is 9.72. The van der Waals surface area contributed by atoms with Gasteiger partial charge in [-0.3, -0.25) is 0 Å². The van der Waals surface area contributed by atoms with Crippen molar-refractivity contribution >= 4 is 7.85 Å². The van der Waals surface area contributed by atoms with Crippen LogP contribution < -0.4 is 0 Å². The van der Waals surface area contributed by atoms with Gasteiger partial charge in [0.15, 0.2) is 0 Å². The third kappa shape index (κ3) is 2.04. The van der Waals surface area contributed by atoms with Gasteiger partial charge in [-0.1, -0.05) is 19.7 Å². The molecule has 2 unspecified atom stereocenters. The molecule has 0 bridgehead atoms. The molecule has 0 aromatic rings. The largest absolute Gasteiger partial charge is 0.301 e. The van der Waals surface area contributed by atoms with Gasteiger partial charge in [0, 0.05) is 12.1 Å². The van der Waals surface area contributed by atoms with Gasteiger partial charge >= 0.3 is 0 Å². The first-order valence-electron chi connectivity index (χ1n) is 5.00. The van der Waals surface area contributed by atoms with Crippen LogP contribution in [0.1, 0.15) is 33.6 Å². The standard InChI is InChI=1S/C10H20BN/c1-7(2)10-6-9(11)5-8(3)12(10)4/h7-10H,5-6H2,1-4H3/t8?,9-,10?/m1/s1. The first kappa shape index (κ1) is 10.1. The second-order valence-corrected chi connectivity index (χ2v) is 4.56. The number of hydrogen-bond acceptors (Lipinski definition) is 1. The van der Waals surface area contributed by atoms with E-state index in [9.17, 15) is 0 Å². The Morgan fingerprint density at radius 2 is 1.92 bits per heavy atom. The van der Waals surface area contributed by atoms with E-state index in [-0.39, 0.29) is 0 Å². The van der Waals surface area contributed by atoms with Gasteiger partial charge in [-0.2, -0.15) is 0 Å². The van der Waals surface area contributed by atoms with Crippen molar-refractivity contribution < 1.29 is 0 Å². The molecule has 0 saturated carbocycles. The molecule has 0 spiro atoms. The van der Waals surface area contributed by atoms with E-state index >= 15 is 0 Å². The lowest BCUT2D eigenvalue weighted by Crippen LogP contribution is -2.46. The van der Waals surface area contributed by atoms with Crippen molar-refractivity contribution in [3.63, 3.8) is 0 Å². The van der Waals surface area contributed by atoms with Crippen molar-refractivity contribution in [2.75, 3.05) is 7.05 Å². The highest BCUT2D eigenvalue weighted by Gasteiger charge is 2.29. The molecular formula is C10H20BN. The summed E-state index contributed by atoms with van der Waals surface area (Å²) in [5.41, 5.74) is 0. The highest BCUT2D eigenvalue weighted by molar-refractivity contribution is 6.11. The molecule has 2 radical (unpaired) electrons. The van der Waals surface area contributed by atoms with Crippen molar-refractivity contribution in [3.8, 4) is 0 Å². The fraction of sp³-hybridized carbons (Fsp3) is 1.00. The average molecular weight is 165 g/mol. The normalized spacial score (nSPS) is 38.9. The first-order chi connectivity index (χ1) is 5.52. The third-order valence-electron chi connectivity index (χ3n) is 3.18. The fourth-order valence-electron chi connectivity index (χ4n) is 2.25. The van der Waals surface area contributed by atoms with E-state index in [1.54, 1.807) is 0 Å². The van der Waals surface area contributed by atoms with Crippen LogP contribution in [0.2, 0.25) is 5.82 Å². The van der Waals surface area contributed by atoms with Crippen molar-refractivity contribution in [1.29, 1.82) is 0 Å². The van der Waals surface area contributed by atoms with E-state index in [2.05, 4.69) is 32.7 Å². The van der Waals surface area contributed by atoms with Gasteiger partial charge in [-0.15, -0.1) is 0 Å². The van der Waals surface area contributed by atoms with Crippen LogP contribution in [-0.2, 0) is 0 Å². The van der Waals surface area contributed by atoms with Crippen LogP contribution >= 0.6 is 0 Å². The SMILES string of the molecule is [B][C@@H]1CC(C)N(C)C(C(C)C)C1. The molecule has 1 nitrogen and oxygen atoms in total. The van der Waals surface area contributed by atoms with Crippen molar-refractivity contribution in [2.45, 2.75) is 51.5 Å². The summed E-state index contributed by atoms with van der Waals surface area (Å²) in [5.74, 6) is 1.15. The lowest BCUT2D eigenvalue weighted by Gasteiger charge is -2.43. The Labute approximate surface area is 77.9 Å². The summed E-state index contributed by atoms with van der Waals surface area (Å²) in [6.45, 7) is 6.84. The maximum Gasteiger partial charge on any atom is 0.0701 e. The van der Waals surface area contributed by atoms with Gasteiger partial charge < -0.3 is 4.90 Å². The molecule has 12 heavy (non-hydrogen) atoms. The van der Waals surface area contributed by atoms with Crippen LogP contribution in [0.15, 0.2) is 0 Å². The Bertz CT molecular complexity index is 147. The molecular weight excluding hydrogens is 145 g/mol. The van der Waals surface area contributed by atoms with Gasteiger partial charge in [-0.05, 0) is 32.7 Å². The minimum atomic E-state index is 0.420. The number of likely N-dealkylation sites (tertiary alicyclic amines) is 1. The smallest absolute Gasteiger partial charge is 0.0701 e. The van der Waals surface area contributed by atoms with E-state index in [0.29, 0.717) is 17.9 Å². The van der Waals surface area contributed by atoms with Crippen LogP contribution in [0.5, 0.6) is 0 Å². The first-order valence-corrected chi connectivity index (χ1v) is 5.00. The lowest BCUT2D eigenvalue weighted by molar-refractivity contribution is 0.0941. The van der Waals surface area contributed by atoms with E-state index in [0.717, 1.165) is 12.3 Å². The molecule has 1 fully saturated rings. The predicted octanol–water partition coefficient (Wildman–Crippen LogP) is 2.08. The molecule has 1 rings (SSSR count). The molecule has 0 N–H and O–H groups in total. The van der Waals surface area contributed by atoms with Gasteiger partial charge in [0.05, 0.1) is 7.85 Å². The van der Waals surface area contributed by atoms with Crippen molar-refractivity contribution in [3.05, 3.63) is 0 Å². The number of rotatable bonds is 1. The summed E-state index contributed by atoms with van der Waals surface area (Å²) in [5, 5.41) is 0. The summed E-state index contributed by atoms with van der Waals surface area (Å²) in [6.07, 6.45) is 2.32. The Balaban J connectivity index is 2.60. The Morgan fingerprint density at radius 3 is 2.42 bits per heavy atom.